The molecule has 4 rings (SSSR count). The van der Waals surface area contributed by atoms with Crippen molar-refractivity contribution in [1.82, 2.24) is 9.62 Å². The molecule has 1 saturated carbocycles. The lowest BCUT2D eigenvalue weighted by Gasteiger charge is -2.23. The van der Waals surface area contributed by atoms with Crippen LogP contribution in [0.5, 0.6) is 5.75 Å². The van der Waals surface area contributed by atoms with Crippen LogP contribution in [0.3, 0.4) is 0 Å². The second-order valence-corrected chi connectivity index (χ2v) is 10.4. The number of rotatable bonds is 10. The maximum Gasteiger partial charge on any atom is 0.254 e. The number of benzene rings is 3. The second kappa shape index (κ2) is 10.4. The molecule has 0 spiro atoms. The minimum absolute atomic E-state index is 0.0407. The molecule has 1 aliphatic carbocycles. The van der Waals surface area contributed by atoms with Crippen molar-refractivity contribution in [3.05, 3.63) is 95.1 Å². The van der Waals surface area contributed by atoms with Crippen molar-refractivity contribution >= 4 is 21.7 Å². The Hall–Kier alpha value is -3.49. The fraction of sp³-hybridized carbons (Fsp3) is 0.259. The fourth-order valence-corrected chi connectivity index (χ4v) is 4.76. The van der Waals surface area contributed by atoms with Crippen LogP contribution in [-0.4, -0.2) is 38.2 Å². The number of Topliss-reactive ketones (excluding diaryl/α,β-unsaturated/α-hetero) is 1. The van der Waals surface area contributed by atoms with Gasteiger partial charge in [0.05, 0.1) is 12.0 Å². The van der Waals surface area contributed by atoms with E-state index in [0.29, 0.717) is 17.7 Å². The van der Waals surface area contributed by atoms with Gasteiger partial charge in [-0.3, -0.25) is 9.59 Å². The number of carbonyl (C=O) groups is 2. The van der Waals surface area contributed by atoms with Crippen LogP contribution in [0.1, 0.15) is 51.6 Å². The van der Waals surface area contributed by atoms with E-state index in [1.807, 2.05) is 29.2 Å². The molecule has 0 aliphatic heterocycles. The SMILES string of the molecule is COc1ccc(CN(C(=O)c2ccc(CNS(=O)(=O)c3ccc(C(C)=O)cc3)cc2)C2CC2)cc1. The summed E-state index contributed by atoms with van der Waals surface area (Å²) in [7, 11) is -2.11. The third-order valence-electron chi connectivity index (χ3n) is 6.00. The lowest BCUT2D eigenvalue weighted by molar-refractivity contribution is 0.0729. The zero-order valence-corrected chi connectivity index (χ0v) is 20.5. The Labute approximate surface area is 205 Å². The molecular weight excluding hydrogens is 464 g/mol. The van der Waals surface area contributed by atoms with E-state index in [0.717, 1.165) is 29.7 Å². The van der Waals surface area contributed by atoms with Crippen molar-refractivity contribution in [2.45, 2.75) is 43.8 Å². The summed E-state index contributed by atoms with van der Waals surface area (Å²) in [4.78, 5) is 26.6. The molecule has 3 aromatic rings. The van der Waals surface area contributed by atoms with E-state index in [9.17, 15) is 18.0 Å². The Kier molecular flexibility index (Phi) is 7.33. The molecule has 1 amide bonds. The molecule has 3 aromatic carbocycles. The Bertz CT molecular complexity index is 1300. The zero-order chi connectivity index (χ0) is 25.0. The van der Waals surface area contributed by atoms with Crippen LogP contribution in [0, 0.1) is 0 Å². The Morgan fingerprint density at radius 3 is 2.00 bits per heavy atom. The summed E-state index contributed by atoms with van der Waals surface area (Å²) in [6.07, 6.45) is 1.99. The van der Waals surface area contributed by atoms with E-state index in [1.165, 1.54) is 31.2 Å². The van der Waals surface area contributed by atoms with Gasteiger partial charge in [-0.25, -0.2) is 13.1 Å². The normalized spacial score (nSPS) is 13.3. The third kappa shape index (κ3) is 6.15. The number of nitrogens with zero attached hydrogens (tertiary/aromatic N) is 1. The topological polar surface area (TPSA) is 92.8 Å². The van der Waals surface area contributed by atoms with E-state index in [-0.39, 0.29) is 29.2 Å². The molecule has 0 bridgehead atoms. The van der Waals surface area contributed by atoms with Crippen molar-refractivity contribution in [2.75, 3.05) is 7.11 Å². The molecule has 0 atom stereocenters. The number of ether oxygens (including phenoxy) is 1. The number of nitrogens with one attached hydrogen (secondary N) is 1. The van der Waals surface area contributed by atoms with Crippen molar-refractivity contribution in [1.29, 1.82) is 0 Å². The highest BCUT2D eigenvalue weighted by Gasteiger charge is 2.33. The predicted octanol–water partition coefficient (Wildman–Crippen LogP) is 4.18. The van der Waals surface area contributed by atoms with Crippen molar-refractivity contribution in [3.8, 4) is 5.75 Å². The molecule has 8 heteroatoms. The standard InChI is InChI=1S/C27H28N2O5S/c1-19(30)22-9-15-26(16-10-22)35(32,33)28-17-20-3-7-23(8-4-20)27(31)29(24-11-12-24)18-21-5-13-25(34-2)14-6-21/h3-10,13-16,24,28H,11-12,17-18H2,1-2H3. The van der Waals surface area contributed by atoms with Gasteiger partial charge in [-0.05, 0) is 67.3 Å². The summed E-state index contributed by atoms with van der Waals surface area (Å²) in [5.41, 5.74) is 2.79. The Morgan fingerprint density at radius 2 is 1.46 bits per heavy atom. The summed E-state index contributed by atoms with van der Waals surface area (Å²) in [5.74, 6) is 0.610. The number of hydrogen-bond acceptors (Lipinski definition) is 5. The van der Waals surface area contributed by atoms with Gasteiger partial charge in [-0.2, -0.15) is 0 Å². The van der Waals surface area contributed by atoms with Crippen LogP contribution in [0.15, 0.2) is 77.7 Å². The largest absolute Gasteiger partial charge is 0.497 e. The molecule has 182 valence electrons. The smallest absolute Gasteiger partial charge is 0.254 e. The van der Waals surface area contributed by atoms with Crippen LogP contribution in [0.4, 0.5) is 0 Å². The highest BCUT2D eigenvalue weighted by Crippen LogP contribution is 2.30. The molecule has 1 fully saturated rings. The molecule has 0 saturated heterocycles. The van der Waals surface area contributed by atoms with Gasteiger partial charge in [0.25, 0.3) is 5.91 Å². The van der Waals surface area contributed by atoms with E-state index in [2.05, 4.69) is 4.72 Å². The molecule has 1 aliphatic rings. The Balaban J connectivity index is 1.39. The first-order valence-corrected chi connectivity index (χ1v) is 12.9. The highest BCUT2D eigenvalue weighted by molar-refractivity contribution is 7.89. The van der Waals surface area contributed by atoms with Crippen LogP contribution in [-0.2, 0) is 23.1 Å². The van der Waals surface area contributed by atoms with E-state index in [1.54, 1.807) is 31.4 Å². The van der Waals surface area contributed by atoms with Crippen LogP contribution < -0.4 is 9.46 Å². The molecule has 0 aromatic heterocycles. The van der Waals surface area contributed by atoms with Gasteiger partial charge in [0.1, 0.15) is 5.75 Å². The maximum absolute atomic E-state index is 13.2. The summed E-state index contributed by atoms with van der Waals surface area (Å²) in [5, 5.41) is 0. The molecule has 1 N–H and O–H groups in total. The van der Waals surface area contributed by atoms with Crippen LogP contribution in [0.2, 0.25) is 0 Å². The van der Waals surface area contributed by atoms with Gasteiger partial charge in [-0.15, -0.1) is 0 Å². The number of ketones is 1. The average Bonchev–Trinajstić information content (AvgIpc) is 3.72. The number of sulfonamides is 1. The van der Waals surface area contributed by atoms with Gasteiger partial charge in [0.2, 0.25) is 10.0 Å². The first-order chi connectivity index (χ1) is 16.8. The number of methoxy groups -OCH3 is 1. The maximum atomic E-state index is 13.2. The molecule has 0 unspecified atom stereocenters. The van der Waals surface area contributed by atoms with Crippen LogP contribution >= 0.6 is 0 Å². The first kappa shape index (κ1) is 24.6. The van der Waals surface area contributed by atoms with Gasteiger partial charge >= 0.3 is 0 Å². The van der Waals surface area contributed by atoms with E-state index >= 15 is 0 Å². The zero-order valence-electron chi connectivity index (χ0n) is 19.7. The monoisotopic (exact) mass is 492 g/mol. The summed E-state index contributed by atoms with van der Waals surface area (Å²) < 4.78 is 32.9. The molecule has 7 nitrogen and oxygen atoms in total. The Morgan fingerprint density at radius 1 is 0.886 bits per heavy atom. The molecular formula is C27H28N2O5S. The van der Waals surface area contributed by atoms with E-state index < -0.39 is 10.0 Å². The molecule has 35 heavy (non-hydrogen) atoms. The lowest BCUT2D eigenvalue weighted by atomic mass is 10.1. The second-order valence-electron chi connectivity index (χ2n) is 8.61. The van der Waals surface area contributed by atoms with Crippen LogP contribution in [0.25, 0.3) is 0 Å². The summed E-state index contributed by atoms with van der Waals surface area (Å²) in [6.45, 7) is 2.04. The number of amides is 1. The summed E-state index contributed by atoms with van der Waals surface area (Å²) >= 11 is 0. The first-order valence-electron chi connectivity index (χ1n) is 11.4. The van der Waals surface area contributed by atoms with Gasteiger partial charge in [0, 0.05) is 30.3 Å². The minimum Gasteiger partial charge on any atom is -0.497 e. The number of carbonyl (C=O) groups excluding carboxylic acids is 2. The molecule has 0 heterocycles. The van der Waals surface area contributed by atoms with Gasteiger partial charge in [0.15, 0.2) is 5.78 Å². The minimum atomic E-state index is -3.73. The fourth-order valence-electron chi connectivity index (χ4n) is 3.74. The molecule has 0 radical (unpaired) electrons. The highest BCUT2D eigenvalue weighted by atomic mass is 32.2. The summed E-state index contributed by atoms with van der Waals surface area (Å²) in [6, 6.07) is 20.7. The van der Waals surface area contributed by atoms with Crippen molar-refractivity contribution in [3.63, 3.8) is 0 Å². The van der Waals surface area contributed by atoms with Gasteiger partial charge < -0.3 is 9.64 Å². The van der Waals surface area contributed by atoms with Crippen molar-refractivity contribution < 1.29 is 22.7 Å². The quantitative estimate of drug-likeness (QED) is 0.429. The average molecular weight is 493 g/mol. The van der Waals surface area contributed by atoms with E-state index in [4.69, 9.17) is 4.74 Å². The third-order valence-corrected chi connectivity index (χ3v) is 7.42. The predicted molar refractivity (Wildman–Crippen MR) is 133 cm³/mol. The van der Waals surface area contributed by atoms with Gasteiger partial charge in [-0.1, -0.05) is 36.4 Å². The lowest BCUT2D eigenvalue weighted by Crippen LogP contribution is -2.32. The van der Waals surface area contributed by atoms with Crippen molar-refractivity contribution in [2.24, 2.45) is 0 Å². The number of hydrogen-bond donors (Lipinski definition) is 1.